The van der Waals surface area contributed by atoms with Crippen LogP contribution in [0.25, 0.3) is 11.3 Å². The predicted octanol–water partition coefficient (Wildman–Crippen LogP) is 4.15. The first-order valence-corrected chi connectivity index (χ1v) is 18.8. The Kier molecular flexibility index (Phi) is 15.1. The maximum atomic E-state index is 13.6. The van der Waals surface area contributed by atoms with E-state index in [0.29, 0.717) is 54.8 Å². The van der Waals surface area contributed by atoms with E-state index in [2.05, 4.69) is 26.6 Å². The zero-order valence-electron chi connectivity index (χ0n) is 32.1. The van der Waals surface area contributed by atoms with Crippen molar-refractivity contribution in [3.63, 3.8) is 0 Å². The van der Waals surface area contributed by atoms with E-state index in [9.17, 15) is 38.7 Å². The van der Waals surface area contributed by atoms with Crippen molar-refractivity contribution in [3.05, 3.63) is 72.0 Å². The topological polar surface area (TPSA) is 242 Å². The highest BCUT2D eigenvalue weighted by atomic mass is 16.4. The van der Waals surface area contributed by atoms with Crippen molar-refractivity contribution in [1.29, 1.82) is 0 Å². The quantitative estimate of drug-likeness (QED) is 0.0981. The van der Waals surface area contributed by atoms with E-state index in [4.69, 9.17) is 10.2 Å². The number of hydrogen-bond acceptors (Lipinski definition) is 8. The van der Waals surface area contributed by atoms with Crippen LogP contribution in [0.4, 0.5) is 16.2 Å². The number of unbranched alkanes of at least 4 members (excludes halogenated alkanes) is 1. The summed E-state index contributed by atoms with van der Waals surface area (Å²) in [6, 6.07) is 12.1. The van der Waals surface area contributed by atoms with Crippen LogP contribution in [0, 0.1) is 12.8 Å². The summed E-state index contributed by atoms with van der Waals surface area (Å²) >= 11 is 0. The number of benzene rings is 2. The van der Waals surface area contributed by atoms with E-state index in [1.54, 1.807) is 43.3 Å². The molecule has 7 amide bonds. The van der Waals surface area contributed by atoms with Crippen LogP contribution in [-0.2, 0) is 24.0 Å². The molecule has 16 nitrogen and oxygen atoms in total. The van der Waals surface area contributed by atoms with Crippen molar-refractivity contribution in [1.82, 2.24) is 20.9 Å². The average molecular weight is 774 g/mol. The number of primary amides is 1. The first kappa shape index (κ1) is 42.6. The predicted molar refractivity (Wildman–Crippen MR) is 208 cm³/mol. The molecule has 2 heterocycles. The average Bonchev–Trinajstić information content (AvgIpc) is 3.87. The summed E-state index contributed by atoms with van der Waals surface area (Å²) in [5.74, 6) is -5.12. The van der Waals surface area contributed by atoms with Gasteiger partial charge in [-0.3, -0.25) is 28.8 Å². The Morgan fingerprint density at radius 2 is 1.59 bits per heavy atom. The van der Waals surface area contributed by atoms with E-state index in [0.717, 1.165) is 5.56 Å². The molecule has 1 fully saturated rings. The van der Waals surface area contributed by atoms with Gasteiger partial charge in [-0.2, -0.15) is 0 Å². The Balaban J connectivity index is 1.42. The lowest BCUT2D eigenvalue weighted by Crippen LogP contribution is -2.59. The standard InChI is InChI=1S/C40H51N7O9/c1-5-7-12-28(36(51)44-29(22-33(48)49)37(52)46-34(23(3)6-2)39(54)47-21-10-14-30(47)35(41)50)43-38(53)32-20-19-31(56-32)25-15-17-26(18-16-25)42-40(55)45-27-13-9-8-11-24(27)4/h8-9,11,13,15-20,23,28-30,34H,5-7,10,12,14,21-22H2,1-4H3,(H2,41,50)(H,43,53)(H,44,51)(H,46,52)(H,48,49)(H2,42,45,55)/t23?,28-,29-,30-,34-/m0/s1. The Morgan fingerprint density at radius 1 is 0.893 bits per heavy atom. The molecule has 16 heteroatoms. The Labute approximate surface area is 325 Å². The second-order valence-corrected chi connectivity index (χ2v) is 13.9. The third-order valence-corrected chi connectivity index (χ3v) is 9.77. The lowest BCUT2D eigenvalue weighted by molar-refractivity contribution is -0.143. The molecule has 5 atom stereocenters. The molecule has 0 radical (unpaired) electrons. The van der Waals surface area contributed by atoms with E-state index in [1.165, 1.54) is 11.0 Å². The number of aryl methyl sites for hydroxylation is 1. The summed E-state index contributed by atoms with van der Waals surface area (Å²) < 4.78 is 5.82. The van der Waals surface area contributed by atoms with Crippen molar-refractivity contribution in [3.8, 4) is 11.3 Å². The number of carboxylic acids is 1. The van der Waals surface area contributed by atoms with Gasteiger partial charge in [0.2, 0.25) is 23.6 Å². The van der Waals surface area contributed by atoms with Crippen LogP contribution in [0.15, 0.2) is 65.1 Å². The molecular formula is C40H51N7O9. The van der Waals surface area contributed by atoms with Gasteiger partial charge in [0.05, 0.1) is 6.42 Å². The number of nitrogens with two attached hydrogens (primary N) is 1. The molecule has 0 aliphatic carbocycles. The number of nitrogens with one attached hydrogen (secondary N) is 5. The van der Waals surface area contributed by atoms with Crippen LogP contribution in [0.1, 0.15) is 81.8 Å². The maximum absolute atomic E-state index is 13.6. The van der Waals surface area contributed by atoms with Crippen molar-refractivity contribution < 1.29 is 43.1 Å². The minimum absolute atomic E-state index is 0.0972. The van der Waals surface area contributed by atoms with Gasteiger partial charge in [-0.15, -0.1) is 0 Å². The molecule has 1 aliphatic heterocycles. The zero-order valence-corrected chi connectivity index (χ0v) is 32.1. The van der Waals surface area contributed by atoms with Crippen molar-refractivity contribution in [2.45, 2.75) is 96.8 Å². The summed E-state index contributed by atoms with van der Waals surface area (Å²) in [6.45, 7) is 7.61. The van der Waals surface area contributed by atoms with Gasteiger partial charge in [0.1, 0.15) is 29.9 Å². The number of aliphatic carboxylic acids is 1. The van der Waals surface area contributed by atoms with Crippen LogP contribution in [0.5, 0.6) is 0 Å². The van der Waals surface area contributed by atoms with Gasteiger partial charge < -0.3 is 46.7 Å². The molecule has 1 aromatic heterocycles. The van der Waals surface area contributed by atoms with Gasteiger partial charge in [0, 0.05) is 23.5 Å². The number of amides is 7. The first-order chi connectivity index (χ1) is 26.7. The molecular weight excluding hydrogens is 722 g/mol. The third kappa shape index (κ3) is 11.4. The molecule has 8 N–H and O–H groups in total. The number of para-hydroxylation sites is 1. The van der Waals surface area contributed by atoms with Gasteiger partial charge >= 0.3 is 12.0 Å². The molecule has 3 aromatic rings. The monoisotopic (exact) mass is 773 g/mol. The van der Waals surface area contributed by atoms with Crippen LogP contribution in [0.2, 0.25) is 0 Å². The lowest BCUT2D eigenvalue weighted by Gasteiger charge is -2.32. The number of anilines is 2. The number of likely N-dealkylation sites (tertiary alicyclic amines) is 1. The number of carboxylic acid groups (broad SMARTS) is 1. The van der Waals surface area contributed by atoms with E-state index in [-0.39, 0.29) is 18.7 Å². The smallest absolute Gasteiger partial charge is 0.323 e. The number of hydrogen-bond donors (Lipinski definition) is 7. The van der Waals surface area contributed by atoms with Crippen molar-refractivity contribution in [2.24, 2.45) is 11.7 Å². The minimum Gasteiger partial charge on any atom is -0.481 e. The van der Waals surface area contributed by atoms with Gasteiger partial charge in [0.25, 0.3) is 5.91 Å². The highest BCUT2D eigenvalue weighted by Gasteiger charge is 2.39. The minimum atomic E-state index is -1.59. The number of furan rings is 1. The summed E-state index contributed by atoms with van der Waals surface area (Å²) in [5.41, 5.74) is 8.25. The number of carbonyl (C=O) groups is 7. The zero-order chi connectivity index (χ0) is 40.9. The van der Waals surface area contributed by atoms with Gasteiger partial charge in [-0.25, -0.2) is 4.79 Å². The molecule has 4 rings (SSSR count). The third-order valence-electron chi connectivity index (χ3n) is 9.77. The fourth-order valence-electron chi connectivity index (χ4n) is 6.34. The second-order valence-electron chi connectivity index (χ2n) is 13.9. The van der Waals surface area contributed by atoms with Crippen LogP contribution in [-0.4, -0.2) is 82.3 Å². The highest BCUT2D eigenvalue weighted by molar-refractivity contribution is 6.01. The molecule has 1 unspecified atom stereocenters. The molecule has 0 spiro atoms. The number of rotatable bonds is 18. The molecule has 1 aliphatic rings. The van der Waals surface area contributed by atoms with Gasteiger partial charge in [-0.05, 0) is 80.1 Å². The molecule has 0 bridgehead atoms. The first-order valence-electron chi connectivity index (χ1n) is 18.8. The van der Waals surface area contributed by atoms with Crippen molar-refractivity contribution >= 4 is 52.9 Å². The molecule has 1 saturated heterocycles. The normalized spacial score (nSPS) is 15.8. The number of nitrogens with zero attached hydrogens (tertiary/aromatic N) is 1. The number of carbonyl (C=O) groups excluding carboxylic acids is 6. The maximum Gasteiger partial charge on any atom is 0.323 e. The van der Waals surface area contributed by atoms with E-state index >= 15 is 0 Å². The highest BCUT2D eigenvalue weighted by Crippen LogP contribution is 2.25. The van der Waals surface area contributed by atoms with E-state index < -0.39 is 78.0 Å². The van der Waals surface area contributed by atoms with Crippen molar-refractivity contribution in [2.75, 3.05) is 17.2 Å². The van der Waals surface area contributed by atoms with Gasteiger partial charge in [-0.1, -0.05) is 58.2 Å². The lowest BCUT2D eigenvalue weighted by atomic mass is 9.96. The van der Waals surface area contributed by atoms with Gasteiger partial charge in [0.15, 0.2) is 5.76 Å². The molecule has 0 saturated carbocycles. The largest absolute Gasteiger partial charge is 0.481 e. The van der Waals surface area contributed by atoms with Crippen LogP contribution >= 0.6 is 0 Å². The van der Waals surface area contributed by atoms with Crippen LogP contribution in [0.3, 0.4) is 0 Å². The molecule has 2 aromatic carbocycles. The summed E-state index contributed by atoms with van der Waals surface area (Å²) in [6.07, 6.45) is 1.99. The Morgan fingerprint density at radius 3 is 2.23 bits per heavy atom. The summed E-state index contributed by atoms with van der Waals surface area (Å²) in [5, 5.41) is 22.9. The summed E-state index contributed by atoms with van der Waals surface area (Å²) in [7, 11) is 0. The van der Waals surface area contributed by atoms with E-state index in [1.807, 2.05) is 39.0 Å². The molecule has 56 heavy (non-hydrogen) atoms. The van der Waals surface area contributed by atoms with Crippen LogP contribution < -0.4 is 32.3 Å². The fraction of sp³-hybridized carbons (Fsp3) is 0.425. The Bertz CT molecular complexity index is 1890. The molecule has 300 valence electrons. The number of urea groups is 1. The fourth-order valence-corrected chi connectivity index (χ4v) is 6.34. The second kappa shape index (κ2) is 19.9. The summed E-state index contributed by atoms with van der Waals surface area (Å²) in [4.78, 5) is 91.8. The Hall–Kier alpha value is -6.19. The SMILES string of the molecule is CCCC[C@H](NC(=O)c1ccc(-c2ccc(NC(=O)Nc3ccccc3C)cc2)o1)C(=O)N[C@@H](CC(=O)O)C(=O)N[C@H](C(=O)N1CCC[C@H]1C(N)=O)C(C)CC.